The van der Waals surface area contributed by atoms with E-state index in [9.17, 15) is 9.90 Å². The van der Waals surface area contributed by atoms with Crippen LogP contribution in [0.1, 0.15) is 44.1 Å². The van der Waals surface area contributed by atoms with Gasteiger partial charge in [0.2, 0.25) is 5.91 Å². The first-order chi connectivity index (χ1) is 11.1. The monoisotopic (exact) mass is 317 g/mol. The van der Waals surface area contributed by atoms with Crippen molar-refractivity contribution in [2.45, 2.75) is 51.0 Å². The molecule has 23 heavy (non-hydrogen) atoms. The largest absolute Gasteiger partial charge is 0.504 e. The number of phenols is 1. The van der Waals surface area contributed by atoms with Gasteiger partial charge in [-0.25, -0.2) is 0 Å². The van der Waals surface area contributed by atoms with Gasteiger partial charge in [0, 0.05) is 6.04 Å². The Balaban J connectivity index is 1.78. The van der Waals surface area contributed by atoms with Crippen LogP contribution < -0.4 is 10.1 Å². The summed E-state index contributed by atoms with van der Waals surface area (Å²) in [6, 6.07) is 5.32. The number of benzene rings is 1. The minimum Gasteiger partial charge on any atom is -0.504 e. The standard InChI is InChI=1S/C19H27NO3/c1-3-4-5-14-6-9-16(10-7-14)20-19(22)13-15-8-11-17(21)18(12-15)23-2/h3,8,11-12,14,16,21H,1,4-7,9-10,13H2,2H3,(H,20,22). The summed E-state index contributed by atoms with van der Waals surface area (Å²) in [6.07, 6.45) is 9.10. The minimum absolute atomic E-state index is 0.0345. The summed E-state index contributed by atoms with van der Waals surface area (Å²) in [7, 11) is 1.50. The third-order valence-corrected chi connectivity index (χ3v) is 4.60. The average molecular weight is 317 g/mol. The normalized spacial score (nSPS) is 20.7. The van der Waals surface area contributed by atoms with Crippen molar-refractivity contribution in [1.29, 1.82) is 0 Å². The number of allylic oxidation sites excluding steroid dienone is 1. The summed E-state index contributed by atoms with van der Waals surface area (Å²) < 4.78 is 5.07. The zero-order chi connectivity index (χ0) is 16.7. The van der Waals surface area contributed by atoms with E-state index in [-0.39, 0.29) is 11.7 Å². The zero-order valence-electron chi connectivity index (χ0n) is 13.9. The second kappa shape index (κ2) is 8.61. The quantitative estimate of drug-likeness (QED) is 0.756. The molecule has 1 aromatic rings. The van der Waals surface area contributed by atoms with Gasteiger partial charge in [-0.15, -0.1) is 6.58 Å². The summed E-state index contributed by atoms with van der Waals surface area (Å²) in [4.78, 5) is 12.2. The SMILES string of the molecule is C=CCCC1CCC(NC(=O)Cc2ccc(O)c(OC)c2)CC1. The van der Waals surface area contributed by atoms with E-state index >= 15 is 0 Å². The third kappa shape index (κ3) is 5.31. The maximum Gasteiger partial charge on any atom is 0.224 e. The summed E-state index contributed by atoms with van der Waals surface area (Å²) in [5.74, 6) is 1.31. The molecule has 1 fully saturated rings. The Morgan fingerprint density at radius 2 is 2.13 bits per heavy atom. The molecule has 0 atom stereocenters. The van der Waals surface area contributed by atoms with Crippen molar-refractivity contribution >= 4 is 5.91 Å². The molecule has 126 valence electrons. The number of methoxy groups -OCH3 is 1. The first kappa shape index (κ1) is 17.4. The van der Waals surface area contributed by atoms with Crippen LogP contribution in [0.5, 0.6) is 11.5 Å². The molecule has 4 nitrogen and oxygen atoms in total. The second-order valence-corrected chi connectivity index (χ2v) is 6.33. The third-order valence-electron chi connectivity index (χ3n) is 4.60. The average Bonchev–Trinajstić information content (AvgIpc) is 2.56. The van der Waals surface area contributed by atoms with E-state index in [0.29, 0.717) is 18.2 Å². The first-order valence-corrected chi connectivity index (χ1v) is 8.38. The molecule has 0 unspecified atom stereocenters. The fourth-order valence-corrected chi connectivity index (χ4v) is 3.25. The molecule has 0 radical (unpaired) electrons. The van der Waals surface area contributed by atoms with E-state index in [0.717, 1.165) is 30.7 Å². The molecule has 1 aliphatic rings. The first-order valence-electron chi connectivity index (χ1n) is 8.38. The highest BCUT2D eigenvalue weighted by Crippen LogP contribution is 2.28. The van der Waals surface area contributed by atoms with E-state index in [4.69, 9.17) is 4.74 Å². The number of carbonyl (C=O) groups excluding carboxylic acids is 1. The summed E-state index contributed by atoms with van der Waals surface area (Å²) in [5.41, 5.74) is 0.844. The van der Waals surface area contributed by atoms with Crippen molar-refractivity contribution in [3.05, 3.63) is 36.4 Å². The Hall–Kier alpha value is -1.97. The van der Waals surface area contributed by atoms with E-state index in [2.05, 4.69) is 11.9 Å². The van der Waals surface area contributed by atoms with Crippen LogP contribution in [0.4, 0.5) is 0 Å². The maximum atomic E-state index is 12.2. The molecular formula is C19H27NO3. The number of carbonyl (C=O) groups is 1. The van der Waals surface area contributed by atoms with Crippen molar-refractivity contribution in [2.75, 3.05) is 7.11 Å². The van der Waals surface area contributed by atoms with Gasteiger partial charge in [0.1, 0.15) is 0 Å². The van der Waals surface area contributed by atoms with Crippen molar-refractivity contribution in [1.82, 2.24) is 5.32 Å². The van der Waals surface area contributed by atoms with Gasteiger partial charge < -0.3 is 15.2 Å². The predicted octanol–water partition coefficient (Wildman–Crippen LogP) is 3.58. The van der Waals surface area contributed by atoms with E-state index in [1.54, 1.807) is 18.2 Å². The Morgan fingerprint density at radius 1 is 1.39 bits per heavy atom. The Morgan fingerprint density at radius 3 is 2.78 bits per heavy atom. The predicted molar refractivity (Wildman–Crippen MR) is 91.7 cm³/mol. The lowest BCUT2D eigenvalue weighted by molar-refractivity contribution is -0.121. The van der Waals surface area contributed by atoms with Gasteiger partial charge in [0.05, 0.1) is 13.5 Å². The molecule has 0 bridgehead atoms. The van der Waals surface area contributed by atoms with E-state index in [1.165, 1.54) is 26.4 Å². The molecule has 2 rings (SSSR count). The van der Waals surface area contributed by atoms with Crippen LogP contribution in [0, 0.1) is 5.92 Å². The van der Waals surface area contributed by atoms with Crippen LogP contribution in [-0.4, -0.2) is 24.2 Å². The molecule has 1 saturated carbocycles. The van der Waals surface area contributed by atoms with Gasteiger partial charge in [-0.3, -0.25) is 4.79 Å². The van der Waals surface area contributed by atoms with Crippen LogP contribution in [0.25, 0.3) is 0 Å². The van der Waals surface area contributed by atoms with Crippen LogP contribution in [-0.2, 0) is 11.2 Å². The summed E-state index contributed by atoms with van der Waals surface area (Å²) in [6.45, 7) is 3.78. The van der Waals surface area contributed by atoms with Gasteiger partial charge in [0.25, 0.3) is 0 Å². The molecule has 0 saturated heterocycles. The number of phenolic OH excluding ortho intramolecular Hbond substituents is 1. The van der Waals surface area contributed by atoms with Crippen LogP contribution in [0.3, 0.4) is 0 Å². The number of hydrogen-bond donors (Lipinski definition) is 2. The number of aromatic hydroxyl groups is 1. The highest BCUT2D eigenvalue weighted by molar-refractivity contribution is 5.79. The molecule has 1 amide bonds. The molecule has 1 aromatic carbocycles. The van der Waals surface area contributed by atoms with Gasteiger partial charge in [-0.05, 0) is 62.1 Å². The summed E-state index contributed by atoms with van der Waals surface area (Å²) >= 11 is 0. The fourth-order valence-electron chi connectivity index (χ4n) is 3.25. The van der Waals surface area contributed by atoms with Gasteiger partial charge in [-0.2, -0.15) is 0 Å². The fraction of sp³-hybridized carbons (Fsp3) is 0.526. The van der Waals surface area contributed by atoms with Gasteiger partial charge in [0.15, 0.2) is 11.5 Å². The van der Waals surface area contributed by atoms with Crippen LogP contribution in [0.15, 0.2) is 30.9 Å². The molecule has 0 aromatic heterocycles. The van der Waals surface area contributed by atoms with Crippen molar-refractivity contribution in [3.8, 4) is 11.5 Å². The molecule has 1 aliphatic carbocycles. The second-order valence-electron chi connectivity index (χ2n) is 6.33. The van der Waals surface area contributed by atoms with E-state index < -0.39 is 0 Å². The number of ether oxygens (including phenoxy) is 1. The number of rotatable bonds is 7. The molecule has 4 heteroatoms. The summed E-state index contributed by atoms with van der Waals surface area (Å²) in [5, 5.41) is 12.7. The van der Waals surface area contributed by atoms with Crippen LogP contribution >= 0.6 is 0 Å². The van der Waals surface area contributed by atoms with E-state index in [1.807, 2.05) is 6.08 Å². The topological polar surface area (TPSA) is 58.6 Å². The highest BCUT2D eigenvalue weighted by atomic mass is 16.5. The van der Waals surface area contributed by atoms with Crippen molar-refractivity contribution in [2.24, 2.45) is 5.92 Å². The number of hydrogen-bond acceptors (Lipinski definition) is 3. The molecule has 0 heterocycles. The Labute approximate surface area is 138 Å². The molecule has 0 spiro atoms. The number of nitrogens with one attached hydrogen (secondary N) is 1. The smallest absolute Gasteiger partial charge is 0.224 e. The Kier molecular flexibility index (Phi) is 6.51. The molecule has 0 aliphatic heterocycles. The maximum absolute atomic E-state index is 12.2. The molecule has 2 N–H and O–H groups in total. The molecular weight excluding hydrogens is 290 g/mol. The minimum atomic E-state index is 0.0345. The Bertz CT molecular complexity index is 533. The van der Waals surface area contributed by atoms with Gasteiger partial charge in [-0.1, -0.05) is 12.1 Å². The highest BCUT2D eigenvalue weighted by Gasteiger charge is 2.22. The zero-order valence-corrected chi connectivity index (χ0v) is 13.9. The lowest BCUT2D eigenvalue weighted by Gasteiger charge is -2.29. The van der Waals surface area contributed by atoms with Gasteiger partial charge >= 0.3 is 0 Å². The van der Waals surface area contributed by atoms with Crippen molar-refractivity contribution < 1.29 is 14.6 Å². The lowest BCUT2D eigenvalue weighted by Crippen LogP contribution is -2.38. The lowest BCUT2D eigenvalue weighted by atomic mass is 9.83. The number of amides is 1. The van der Waals surface area contributed by atoms with Crippen molar-refractivity contribution in [3.63, 3.8) is 0 Å². The van der Waals surface area contributed by atoms with Crippen LogP contribution in [0.2, 0.25) is 0 Å².